The minimum absolute atomic E-state index is 0.157. The van der Waals surface area contributed by atoms with Crippen LogP contribution in [0.2, 0.25) is 0 Å². The van der Waals surface area contributed by atoms with E-state index in [1.807, 2.05) is 30.3 Å². The summed E-state index contributed by atoms with van der Waals surface area (Å²) in [6.07, 6.45) is -0.657. The molecule has 0 N–H and O–H groups in total. The quantitative estimate of drug-likeness (QED) is 0.207. The second kappa shape index (κ2) is 9.84. The third kappa shape index (κ3) is 5.66. The number of ether oxygens (including phenoxy) is 3. The van der Waals surface area contributed by atoms with Crippen LogP contribution in [-0.2, 0) is 4.74 Å². The average molecular weight is 492 g/mol. The van der Waals surface area contributed by atoms with Gasteiger partial charge in [-0.15, -0.1) is 0 Å². The fourth-order valence-electron chi connectivity index (χ4n) is 3.60. The lowest BCUT2D eigenvalue weighted by molar-refractivity contribution is 0.0536. The normalized spacial score (nSPS) is 12.3. The van der Waals surface area contributed by atoms with Crippen LogP contribution < -0.4 is 9.47 Å². The van der Waals surface area contributed by atoms with E-state index in [9.17, 15) is 9.59 Å². The Morgan fingerprint density at radius 3 is 2.17 bits per heavy atom. The molecule has 4 rings (SSSR count). The van der Waals surface area contributed by atoms with E-state index in [0.29, 0.717) is 33.7 Å². The van der Waals surface area contributed by atoms with Crippen LogP contribution >= 0.6 is 11.6 Å². The van der Waals surface area contributed by atoms with Crippen molar-refractivity contribution in [1.82, 2.24) is 4.57 Å². The molecule has 0 saturated heterocycles. The summed E-state index contributed by atoms with van der Waals surface area (Å²) < 4.78 is 18.4. The Hall–Kier alpha value is -3.77. The second-order valence-corrected chi connectivity index (χ2v) is 9.58. The van der Waals surface area contributed by atoms with E-state index in [2.05, 4.69) is 0 Å². The molecule has 1 heterocycles. The second-order valence-electron chi connectivity index (χ2n) is 8.96. The van der Waals surface area contributed by atoms with E-state index in [0.717, 1.165) is 0 Å². The van der Waals surface area contributed by atoms with Crippen molar-refractivity contribution in [2.75, 3.05) is 0 Å². The molecule has 0 aliphatic carbocycles. The number of halogens is 1. The monoisotopic (exact) mass is 491 g/mol. The van der Waals surface area contributed by atoms with Gasteiger partial charge in [0.05, 0.1) is 5.52 Å². The molecule has 0 radical (unpaired) electrons. The highest BCUT2D eigenvalue weighted by molar-refractivity contribution is 6.19. The topological polar surface area (TPSA) is 66.8 Å². The van der Waals surface area contributed by atoms with Gasteiger partial charge in [-0.1, -0.05) is 35.9 Å². The van der Waals surface area contributed by atoms with Crippen LogP contribution in [0, 0.1) is 0 Å². The summed E-state index contributed by atoms with van der Waals surface area (Å²) in [6, 6.07) is 23.0. The first-order valence-corrected chi connectivity index (χ1v) is 11.6. The molecule has 35 heavy (non-hydrogen) atoms. The molecule has 0 fully saturated rings. The minimum Gasteiger partial charge on any atom is -0.474 e. The van der Waals surface area contributed by atoms with Crippen molar-refractivity contribution in [3.05, 3.63) is 90.1 Å². The van der Waals surface area contributed by atoms with Gasteiger partial charge in [0, 0.05) is 10.9 Å². The molecule has 1 unspecified atom stereocenters. The number of carbonyl (C=O) groups is 2. The van der Waals surface area contributed by atoms with Crippen LogP contribution in [-0.4, -0.2) is 27.6 Å². The standard InChI is InChI=1S/C28H26ClNO5/c1-18(29)33-25-12-8-11-23-22(25)17-24(30(23)27(32)35-28(2,3)4)26(31)19-13-15-21(16-14-19)34-20-9-6-5-7-10-20/h5-18H,1-4H3. The van der Waals surface area contributed by atoms with Gasteiger partial charge in [0.15, 0.2) is 5.56 Å². The first-order chi connectivity index (χ1) is 16.6. The maximum absolute atomic E-state index is 13.6. The van der Waals surface area contributed by atoms with Gasteiger partial charge in [-0.3, -0.25) is 4.79 Å². The van der Waals surface area contributed by atoms with E-state index in [4.69, 9.17) is 25.8 Å². The number of benzene rings is 3. The van der Waals surface area contributed by atoms with E-state index in [1.165, 1.54) is 4.57 Å². The number of alkyl halides is 1. The Morgan fingerprint density at radius 1 is 0.886 bits per heavy atom. The molecule has 0 saturated carbocycles. The van der Waals surface area contributed by atoms with Crippen molar-refractivity contribution in [3.8, 4) is 17.2 Å². The lowest BCUT2D eigenvalue weighted by atomic mass is 10.1. The summed E-state index contributed by atoms with van der Waals surface area (Å²) in [5, 5.41) is 0.582. The molecular formula is C28H26ClNO5. The van der Waals surface area contributed by atoms with Gasteiger partial charge in [0.1, 0.15) is 28.5 Å². The Balaban J connectivity index is 1.74. The number of para-hydroxylation sites is 1. The fraction of sp³-hybridized carbons (Fsp3) is 0.214. The zero-order valence-electron chi connectivity index (χ0n) is 19.9. The molecule has 0 aliphatic heterocycles. The first-order valence-electron chi connectivity index (χ1n) is 11.2. The predicted octanol–water partition coefficient (Wildman–Crippen LogP) is 7.41. The van der Waals surface area contributed by atoms with E-state index in [-0.39, 0.29) is 11.5 Å². The number of hydrogen-bond donors (Lipinski definition) is 0. The highest BCUT2D eigenvalue weighted by Gasteiger charge is 2.27. The first kappa shape index (κ1) is 24.4. The molecule has 7 heteroatoms. The third-order valence-corrected chi connectivity index (χ3v) is 5.09. The summed E-state index contributed by atoms with van der Waals surface area (Å²) in [7, 11) is 0. The van der Waals surface area contributed by atoms with Crippen molar-refractivity contribution in [1.29, 1.82) is 0 Å². The third-order valence-electron chi connectivity index (χ3n) is 5.00. The highest BCUT2D eigenvalue weighted by Crippen LogP contribution is 2.32. The van der Waals surface area contributed by atoms with Gasteiger partial charge in [0.25, 0.3) is 0 Å². The number of carbonyl (C=O) groups excluding carboxylic acids is 2. The summed E-state index contributed by atoms with van der Waals surface area (Å²) in [5.41, 5.74) is -0.304. The van der Waals surface area contributed by atoms with Crippen molar-refractivity contribution in [2.24, 2.45) is 0 Å². The Morgan fingerprint density at radius 2 is 1.54 bits per heavy atom. The van der Waals surface area contributed by atoms with Gasteiger partial charge >= 0.3 is 6.09 Å². The van der Waals surface area contributed by atoms with Crippen molar-refractivity contribution in [2.45, 2.75) is 38.9 Å². The molecule has 0 amide bonds. The van der Waals surface area contributed by atoms with Crippen LogP contribution in [0.15, 0.2) is 78.9 Å². The predicted molar refractivity (Wildman–Crippen MR) is 136 cm³/mol. The molecule has 1 atom stereocenters. The summed E-state index contributed by atoms with van der Waals surface area (Å²) in [5.74, 6) is 1.40. The Kier molecular flexibility index (Phi) is 6.85. The smallest absolute Gasteiger partial charge is 0.419 e. The van der Waals surface area contributed by atoms with Crippen LogP contribution in [0.3, 0.4) is 0 Å². The van der Waals surface area contributed by atoms with Crippen molar-refractivity contribution >= 4 is 34.4 Å². The number of aromatic nitrogens is 1. The van der Waals surface area contributed by atoms with Crippen molar-refractivity contribution < 1.29 is 23.8 Å². The summed E-state index contributed by atoms with van der Waals surface area (Å²) in [4.78, 5) is 26.8. The zero-order chi connectivity index (χ0) is 25.2. The zero-order valence-corrected chi connectivity index (χ0v) is 20.7. The molecule has 6 nitrogen and oxygen atoms in total. The molecular weight excluding hydrogens is 466 g/mol. The molecule has 0 aliphatic rings. The largest absolute Gasteiger partial charge is 0.474 e. The van der Waals surface area contributed by atoms with Gasteiger partial charge in [-0.25, -0.2) is 9.36 Å². The number of fused-ring (bicyclic) bond motifs is 1. The molecule has 4 aromatic rings. The molecule has 180 valence electrons. The maximum atomic E-state index is 13.6. The average Bonchev–Trinajstić information content (AvgIpc) is 3.19. The van der Waals surface area contributed by atoms with Crippen LogP contribution in [0.1, 0.15) is 43.7 Å². The maximum Gasteiger partial charge on any atom is 0.419 e. The number of ketones is 1. The highest BCUT2D eigenvalue weighted by atomic mass is 35.5. The van der Waals surface area contributed by atoms with Crippen LogP contribution in [0.4, 0.5) is 4.79 Å². The Labute approximate surface area is 209 Å². The fourth-order valence-corrected chi connectivity index (χ4v) is 3.70. The van der Waals surface area contributed by atoms with E-state index >= 15 is 0 Å². The van der Waals surface area contributed by atoms with Gasteiger partial charge in [0.2, 0.25) is 5.78 Å². The Bertz CT molecular complexity index is 1350. The lowest BCUT2D eigenvalue weighted by Gasteiger charge is -2.21. The van der Waals surface area contributed by atoms with Gasteiger partial charge < -0.3 is 14.2 Å². The van der Waals surface area contributed by atoms with Crippen LogP contribution in [0.5, 0.6) is 17.2 Å². The van der Waals surface area contributed by atoms with E-state index < -0.39 is 17.3 Å². The number of nitrogens with zero attached hydrogens (tertiary/aromatic N) is 1. The SMILES string of the molecule is CC(Cl)Oc1cccc2c1cc(C(=O)c1ccc(Oc3ccccc3)cc1)n2C(=O)OC(C)(C)C. The molecule has 0 bridgehead atoms. The minimum atomic E-state index is -0.747. The lowest BCUT2D eigenvalue weighted by Crippen LogP contribution is -2.28. The van der Waals surface area contributed by atoms with Crippen LogP contribution in [0.25, 0.3) is 10.9 Å². The van der Waals surface area contributed by atoms with Gasteiger partial charge in [-0.05, 0) is 82.3 Å². The number of hydrogen-bond acceptors (Lipinski definition) is 5. The summed E-state index contributed by atoms with van der Waals surface area (Å²) >= 11 is 6.04. The molecule has 1 aromatic heterocycles. The summed E-state index contributed by atoms with van der Waals surface area (Å²) in [6.45, 7) is 7.00. The molecule has 0 spiro atoms. The van der Waals surface area contributed by atoms with E-state index in [1.54, 1.807) is 76.2 Å². The number of rotatable bonds is 6. The van der Waals surface area contributed by atoms with Crippen molar-refractivity contribution in [3.63, 3.8) is 0 Å². The molecule has 3 aromatic carbocycles. The van der Waals surface area contributed by atoms with Gasteiger partial charge in [-0.2, -0.15) is 0 Å².